The molecule has 1 heterocycles. The first-order valence-corrected chi connectivity index (χ1v) is 4.37. The molecule has 0 spiro atoms. The molecule has 0 atom stereocenters. The number of nitrogens with two attached hydrogens (primary N) is 1. The summed E-state index contributed by atoms with van der Waals surface area (Å²) in [4.78, 5) is 8.03. The average molecular weight is 182 g/mol. The second-order valence-electron chi connectivity index (χ2n) is 2.71. The molecule has 72 valence electrons. The molecular weight excluding hydrogens is 168 g/mol. The average Bonchev–Trinajstić information content (AvgIpc) is 2.57. The van der Waals surface area contributed by atoms with E-state index in [1.807, 2.05) is 0 Å². The Balaban J connectivity index is 2.24. The summed E-state index contributed by atoms with van der Waals surface area (Å²) in [7, 11) is 0. The van der Waals surface area contributed by atoms with E-state index in [0.717, 1.165) is 12.8 Å². The Hall–Kier alpha value is -1.39. The van der Waals surface area contributed by atoms with Crippen molar-refractivity contribution in [2.24, 2.45) is 10.7 Å². The summed E-state index contributed by atoms with van der Waals surface area (Å²) < 4.78 is 4.80. The van der Waals surface area contributed by atoms with Gasteiger partial charge in [0, 0.05) is 19.4 Å². The fourth-order valence-corrected chi connectivity index (χ4v) is 0.936. The third-order valence-electron chi connectivity index (χ3n) is 1.55. The third kappa shape index (κ3) is 3.68. The number of hydrogen-bond donors (Lipinski definition) is 1. The van der Waals surface area contributed by atoms with Crippen LogP contribution in [-0.2, 0) is 6.42 Å². The van der Waals surface area contributed by atoms with Crippen molar-refractivity contribution in [2.75, 3.05) is 6.54 Å². The molecule has 0 bridgehead atoms. The predicted octanol–water partition coefficient (Wildman–Crippen LogP) is 0.769. The molecule has 0 saturated heterocycles. The van der Waals surface area contributed by atoms with Crippen LogP contribution in [0, 0.1) is 0 Å². The van der Waals surface area contributed by atoms with E-state index in [0.29, 0.717) is 24.7 Å². The van der Waals surface area contributed by atoms with Crippen LogP contribution in [0.15, 0.2) is 15.8 Å². The lowest BCUT2D eigenvalue weighted by Crippen LogP contribution is -2.12. The lowest BCUT2D eigenvalue weighted by atomic mass is 10.3. The first-order chi connectivity index (χ1) is 6.33. The molecule has 0 aromatic carbocycles. The maximum atomic E-state index is 5.61. The summed E-state index contributed by atoms with van der Waals surface area (Å²) in [6, 6.07) is 0. The second kappa shape index (κ2) is 5.29. The molecule has 2 N–H and O–H groups in total. The Kier molecular flexibility index (Phi) is 3.95. The zero-order valence-electron chi connectivity index (χ0n) is 7.73. The molecule has 5 heteroatoms. The van der Waals surface area contributed by atoms with Crippen molar-refractivity contribution < 1.29 is 4.52 Å². The van der Waals surface area contributed by atoms with E-state index in [9.17, 15) is 0 Å². The fraction of sp³-hybridized carbons (Fsp3) is 0.625. The maximum Gasteiger partial charge on any atom is 0.228 e. The Morgan fingerprint density at radius 3 is 3.15 bits per heavy atom. The largest absolute Gasteiger partial charge is 0.387 e. The van der Waals surface area contributed by atoms with Gasteiger partial charge < -0.3 is 10.3 Å². The van der Waals surface area contributed by atoms with Gasteiger partial charge in [0.25, 0.3) is 0 Å². The van der Waals surface area contributed by atoms with Crippen molar-refractivity contribution >= 4 is 5.84 Å². The van der Waals surface area contributed by atoms with Crippen molar-refractivity contribution in [1.29, 1.82) is 0 Å². The van der Waals surface area contributed by atoms with Gasteiger partial charge in [-0.1, -0.05) is 12.1 Å². The number of amidine groups is 1. The Labute approximate surface area is 77.0 Å². The molecule has 1 aromatic rings. The van der Waals surface area contributed by atoms with Gasteiger partial charge in [-0.15, -0.1) is 0 Å². The molecule has 0 radical (unpaired) electrons. The summed E-state index contributed by atoms with van der Waals surface area (Å²) in [6.45, 7) is 2.69. The van der Waals surface area contributed by atoms with Gasteiger partial charge in [-0.3, -0.25) is 4.99 Å². The molecule has 1 rings (SSSR count). The maximum absolute atomic E-state index is 5.61. The van der Waals surface area contributed by atoms with Crippen LogP contribution in [0.1, 0.15) is 25.7 Å². The highest BCUT2D eigenvalue weighted by molar-refractivity contribution is 5.80. The summed E-state index contributed by atoms with van der Waals surface area (Å²) in [5.41, 5.74) is 5.61. The van der Waals surface area contributed by atoms with Crippen LogP contribution in [0.3, 0.4) is 0 Å². The molecule has 0 aliphatic rings. The molecule has 5 nitrogen and oxygen atoms in total. The van der Waals surface area contributed by atoms with E-state index >= 15 is 0 Å². The third-order valence-corrected chi connectivity index (χ3v) is 1.55. The molecule has 0 fully saturated rings. The Bertz CT molecular complexity index is 255. The minimum atomic E-state index is 0.605. The summed E-state index contributed by atoms with van der Waals surface area (Å²) >= 11 is 0. The lowest BCUT2D eigenvalue weighted by molar-refractivity contribution is 0.379. The van der Waals surface area contributed by atoms with Crippen LogP contribution < -0.4 is 5.73 Å². The van der Waals surface area contributed by atoms with Gasteiger partial charge >= 0.3 is 0 Å². The number of aliphatic imine (C=N–C) groups is 1. The number of aromatic nitrogens is 2. The normalized spacial score (nSPS) is 11.9. The highest BCUT2D eigenvalue weighted by atomic mass is 16.5. The molecule has 13 heavy (non-hydrogen) atoms. The molecule has 0 saturated carbocycles. The number of nitrogens with zero attached hydrogens (tertiary/aromatic N) is 3. The van der Waals surface area contributed by atoms with E-state index in [1.54, 1.807) is 0 Å². The zero-order chi connectivity index (χ0) is 9.52. The summed E-state index contributed by atoms with van der Waals surface area (Å²) in [5.74, 6) is 1.30. The lowest BCUT2D eigenvalue weighted by Gasteiger charge is -1.95. The van der Waals surface area contributed by atoms with Crippen molar-refractivity contribution in [3.63, 3.8) is 0 Å². The van der Waals surface area contributed by atoms with Gasteiger partial charge in [-0.2, -0.15) is 4.98 Å². The van der Waals surface area contributed by atoms with Gasteiger partial charge in [-0.05, 0) is 6.42 Å². The van der Waals surface area contributed by atoms with Crippen molar-refractivity contribution in [3.8, 4) is 0 Å². The molecular formula is C8H14N4O. The molecule has 1 aromatic heterocycles. The van der Waals surface area contributed by atoms with Gasteiger partial charge in [0.15, 0.2) is 6.33 Å². The van der Waals surface area contributed by atoms with Crippen LogP contribution >= 0.6 is 0 Å². The monoisotopic (exact) mass is 182 g/mol. The van der Waals surface area contributed by atoms with Crippen molar-refractivity contribution in [2.45, 2.75) is 26.2 Å². The minimum absolute atomic E-state index is 0.605. The highest BCUT2D eigenvalue weighted by Gasteiger charge is 1.97. The van der Waals surface area contributed by atoms with E-state index < -0.39 is 0 Å². The molecule has 0 unspecified atom stereocenters. The quantitative estimate of drug-likeness (QED) is 0.539. The van der Waals surface area contributed by atoms with Crippen LogP contribution in [0.4, 0.5) is 0 Å². The summed E-state index contributed by atoms with van der Waals surface area (Å²) in [6.07, 6.45) is 3.92. The van der Waals surface area contributed by atoms with Gasteiger partial charge in [-0.25, -0.2) is 0 Å². The van der Waals surface area contributed by atoms with Gasteiger partial charge in [0.05, 0.1) is 5.84 Å². The fourth-order valence-electron chi connectivity index (χ4n) is 0.936. The van der Waals surface area contributed by atoms with Gasteiger partial charge in [0.2, 0.25) is 5.89 Å². The Morgan fingerprint density at radius 1 is 1.69 bits per heavy atom. The smallest absolute Gasteiger partial charge is 0.228 e. The molecule has 0 aliphatic carbocycles. The first kappa shape index (κ1) is 9.70. The van der Waals surface area contributed by atoms with Crippen LogP contribution in [0.2, 0.25) is 0 Å². The van der Waals surface area contributed by atoms with Crippen molar-refractivity contribution in [1.82, 2.24) is 10.1 Å². The van der Waals surface area contributed by atoms with Crippen LogP contribution in [-0.4, -0.2) is 22.5 Å². The predicted molar refractivity (Wildman–Crippen MR) is 49.4 cm³/mol. The standard InChI is InChI=1S/C8H14N4O/c1-2-3-7(9)10-5-4-8-11-6-12-13-8/h6H,2-5H2,1H3,(H2,9,10). The number of rotatable bonds is 5. The van der Waals surface area contributed by atoms with E-state index in [2.05, 4.69) is 22.1 Å². The number of hydrogen-bond acceptors (Lipinski definition) is 4. The van der Waals surface area contributed by atoms with Gasteiger partial charge in [0.1, 0.15) is 0 Å². The van der Waals surface area contributed by atoms with E-state index in [1.165, 1.54) is 6.33 Å². The first-order valence-electron chi connectivity index (χ1n) is 4.37. The second-order valence-corrected chi connectivity index (χ2v) is 2.71. The molecule has 0 amide bonds. The molecule has 0 aliphatic heterocycles. The zero-order valence-corrected chi connectivity index (χ0v) is 7.73. The SMILES string of the molecule is CCCC(N)=NCCc1ncno1. The van der Waals surface area contributed by atoms with E-state index in [-0.39, 0.29) is 0 Å². The van der Waals surface area contributed by atoms with Crippen LogP contribution in [0.25, 0.3) is 0 Å². The topological polar surface area (TPSA) is 77.3 Å². The minimum Gasteiger partial charge on any atom is -0.387 e. The van der Waals surface area contributed by atoms with Crippen molar-refractivity contribution in [3.05, 3.63) is 12.2 Å². The highest BCUT2D eigenvalue weighted by Crippen LogP contribution is 1.93. The van der Waals surface area contributed by atoms with E-state index in [4.69, 9.17) is 10.3 Å². The summed E-state index contributed by atoms with van der Waals surface area (Å²) in [5, 5.41) is 3.49. The Morgan fingerprint density at radius 2 is 2.54 bits per heavy atom. The van der Waals surface area contributed by atoms with Crippen LogP contribution in [0.5, 0.6) is 0 Å².